The topological polar surface area (TPSA) is 54.5 Å². The van der Waals surface area contributed by atoms with Gasteiger partial charge in [-0.25, -0.2) is 9.78 Å². The number of rotatable bonds is 5. The van der Waals surface area contributed by atoms with Gasteiger partial charge in [-0.1, -0.05) is 30.9 Å². The lowest BCUT2D eigenvalue weighted by atomic mass is 10.1. The number of anilines is 1. The predicted octanol–water partition coefficient (Wildman–Crippen LogP) is 3.95. The molecule has 2 heterocycles. The van der Waals surface area contributed by atoms with Crippen molar-refractivity contribution in [3.63, 3.8) is 0 Å². The van der Waals surface area contributed by atoms with E-state index in [9.17, 15) is 4.79 Å². The number of pyridine rings is 1. The Balaban J connectivity index is 1.54. The van der Waals surface area contributed by atoms with Crippen molar-refractivity contribution in [2.24, 2.45) is 11.8 Å². The van der Waals surface area contributed by atoms with Crippen LogP contribution in [0.1, 0.15) is 32.0 Å². The van der Waals surface area contributed by atoms with Crippen LogP contribution in [0, 0.1) is 18.8 Å². The van der Waals surface area contributed by atoms with Gasteiger partial charge in [0.25, 0.3) is 0 Å². The summed E-state index contributed by atoms with van der Waals surface area (Å²) in [5.41, 5.74) is 1.83. The van der Waals surface area contributed by atoms with Gasteiger partial charge in [-0.15, -0.1) is 0 Å². The Labute approximate surface area is 156 Å². The number of aryl methyl sites for hydroxylation is 1. The highest BCUT2D eigenvalue weighted by Gasteiger charge is 2.57. The molecule has 140 valence electrons. The summed E-state index contributed by atoms with van der Waals surface area (Å²) in [6.07, 6.45) is 6.39. The number of hydrogen-bond donors (Lipinski definition) is 1. The van der Waals surface area contributed by atoms with Crippen molar-refractivity contribution in [1.82, 2.24) is 9.88 Å². The average molecular weight is 355 g/mol. The first-order valence-corrected chi connectivity index (χ1v) is 9.27. The third-order valence-corrected chi connectivity index (χ3v) is 4.95. The third kappa shape index (κ3) is 4.26. The van der Waals surface area contributed by atoms with E-state index < -0.39 is 5.60 Å². The Morgan fingerprint density at radius 3 is 2.69 bits per heavy atom. The highest BCUT2D eigenvalue weighted by Crippen LogP contribution is 2.47. The van der Waals surface area contributed by atoms with Crippen LogP contribution in [-0.4, -0.2) is 40.7 Å². The molecule has 2 aliphatic rings. The molecule has 0 spiro atoms. The molecule has 2 fully saturated rings. The molecule has 1 saturated carbocycles. The Morgan fingerprint density at radius 1 is 1.38 bits per heavy atom. The molecule has 2 atom stereocenters. The molecule has 26 heavy (non-hydrogen) atoms. The molecular formula is C21H29N3O2. The Morgan fingerprint density at radius 2 is 2.08 bits per heavy atom. The minimum atomic E-state index is -0.441. The van der Waals surface area contributed by atoms with E-state index in [0.29, 0.717) is 17.9 Å². The van der Waals surface area contributed by atoms with Gasteiger partial charge in [-0.3, -0.25) is 0 Å². The number of ether oxygens (including phenoxy) is 1. The van der Waals surface area contributed by atoms with Gasteiger partial charge < -0.3 is 15.0 Å². The molecule has 2 unspecified atom stereocenters. The smallest absolute Gasteiger partial charge is 0.410 e. The molecule has 1 aliphatic heterocycles. The number of nitrogens with one attached hydrogen (secondary N) is 1. The fourth-order valence-corrected chi connectivity index (χ4v) is 3.52. The SMILES string of the molecule is C=C/C=C\Cc1nc(NC2C3CN(C(=O)OC(C)(C)C)CC32)ccc1C. The summed E-state index contributed by atoms with van der Waals surface area (Å²) in [5, 5.41) is 3.55. The fourth-order valence-electron chi connectivity index (χ4n) is 3.52. The number of piperidine rings is 1. The van der Waals surface area contributed by atoms with Crippen molar-refractivity contribution in [2.75, 3.05) is 18.4 Å². The number of amides is 1. The summed E-state index contributed by atoms with van der Waals surface area (Å²) in [7, 11) is 0. The Hall–Kier alpha value is -2.30. The standard InChI is InChI=1S/C21H29N3O2/c1-6-7-8-9-17-14(2)10-11-18(22-17)23-19-15-12-24(13-16(15)19)20(25)26-21(3,4)5/h6-8,10-11,15-16,19H,1,9,12-13H2,2-5H3,(H,22,23)/b8-7-. The zero-order valence-corrected chi connectivity index (χ0v) is 16.2. The molecule has 1 aromatic heterocycles. The highest BCUT2D eigenvalue weighted by atomic mass is 16.6. The van der Waals surface area contributed by atoms with Gasteiger partial charge in [0.2, 0.25) is 0 Å². The quantitative estimate of drug-likeness (QED) is 0.813. The highest BCUT2D eigenvalue weighted by molar-refractivity contribution is 5.69. The number of likely N-dealkylation sites (tertiary alicyclic amines) is 1. The van der Waals surface area contributed by atoms with Crippen molar-refractivity contribution < 1.29 is 9.53 Å². The normalized spacial score (nSPS) is 24.5. The Kier molecular flexibility index (Phi) is 5.08. The molecule has 1 amide bonds. The van der Waals surface area contributed by atoms with E-state index in [4.69, 9.17) is 9.72 Å². The lowest BCUT2D eigenvalue weighted by molar-refractivity contribution is 0.0272. The molecule has 1 aromatic rings. The van der Waals surface area contributed by atoms with Gasteiger partial charge >= 0.3 is 6.09 Å². The summed E-state index contributed by atoms with van der Waals surface area (Å²) in [6.45, 7) is 13.0. The number of allylic oxidation sites excluding steroid dienone is 3. The van der Waals surface area contributed by atoms with Gasteiger partial charge in [-0.05, 0) is 39.3 Å². The van der Waals surface area contributed by atoms with Crippen LogP contribution in [-0.2, 0) is 11.2 Å². The maximum absolute atomic E-state index is 12.2. The van der Waals surface area contributed by atoms with E-state index >= 15 is 0 Å². The van der Waals surface area contributed by atoms with Crippen molar-refractivity contribution >= 4 is 11.9 Å². The van der Waals surface area contributed by atoms with Crippen LogP contribution in [0.3, 0.4) is 0 Å². The van der Waals surface area contributed by atoms with E-state index in [1.807, 2.05) is 37.8 Å². The monoisotopic (exact) mass is 355 g/mol. The number of fused-ring (bicyclic) bond motifs is 1. The summed E-state index contributed by atoms with van der Waals surface area (Å²) >= 11 is 0. The zero-order chi connectivity index (χ0) is 18.9. The van der Waals surface area contributed by atoms with E-state index in [2.05, 4.69) is 31.0 Å². The summed E-state index contributed by atoms with van der Waals surface area (Å²) in [5.74, 6) is 1.91. The van der Waals surface area contributed by atoms with Gasteiger partial charge in [0, 0.05) is 43.1 Å². The van der Waals surface area contributed by atoms with Crippen LogP contribution in [0.4, 0.5) is 10.6 Å². The van der Waals surface area contributed by atoms with Gasteiger partial charge in [0.05, 0.1) is 0 Å². The number of hydrogen-bond acceptors (Lipinski definition) is 4. The van der Waals surface area contributed by atoms with Crippen molar-refractivity contribution in [3.05, 3.63) is 48.2 Å². The van der Waals surface area contributed by atoms with Gasteiger partial charge in [0.15, 0.2) is 0 Å². The maximum atomic E-state index is 12.2. The number of aromatic nitrogens is 1. The van der Waals surface area contributed by atoms with Crippen LogP contribution < -0.4 is 5.32 Å². The molecule has 0 radical (unpaired) electrons. The van der Waals surface area contributed by atoms with Crippen molar-refractivity contribution in [3.8, 4) is 0 Å². The zero-order valence-electron chi connectivity index (χ0n) is 16.2. The van der Waals surface area contributed by atoms with E-state index in [0.717, 1.165) is 31.0 Å². The first kappa shape index (κ1) is 18.5. The molecule has 0 aromatic carbocycles. The predicted molar refractivity (Wildman–Crippen MR) is 104 cm³/mol. The molecule has 0 bridgehead atoms. The second kappa shape index (κ2) is 7.14. The maximum Gasteiger partial charge on any atom is 0.410 e. The number of carbonyl (C=O) groups is 1. The molecule has 5 nitrogen and oxygen atoms in total. The first-order chi connectivity index (χ1) is 12.3. The summed E-state index contributed by atoms with van der Waals surface area (Å²) in [6, 6.07) is 4.55. The first-order valence-electron chi connectivity index (χ1n) is 9.27. The molecule has 3 rings (SSSR count). The second-order valence-electron chi connectivity index (χ2n) is 8.21. The second-order valence-corrected chi connectivity index (χ2v) is 8.21. The lowest BCUT2D eigenvalue weighted by Gasteiger charge is -2.26. The van der Waals surface area contributed by atoms with Crippen LogP contribution in [0.25, 0.3) is 0 Å². The van der Waals surface area contributed by atoms with E-state index in [1.165, 1.54) is 5.56 Å². The minimum Gasteiger partial charge on any atom is -0.444 e. The molecule has 1 N–H and O–H groups in total. The van der Waals surface area contributed by atoms with Gasteiger partial charge in [-0.2, -0.15) is 0 Å². The van der Waals surface area contributed by atoms with Crippen LogP contribution in [0.15, 0.2) is 36.9 Å². The molecule has 1 aliphatic carbocycles. The average Bonchev–Trinajstić information content (AvgIpc) is 2.99. The molecule has 5 heteroatoms. The summed E-state index contributed by atoms with van der Waals surface area (Å²) in [4.78, 5) is 18.7. The fraction of sp³-hybridized carbons (Fsp3) is 0.524. The number of carbonyl (C=O) groups excluding carboxylic acids is 1. The van der Waals surface area contributed by atoms with E-state index in [-0.39, 0.29) is 6.09 Å². The largest absolute Gasteiger partial charge is 0.444 e. The minimum absolute atomic E-state index is 0.201. The van der Waals surface area contributed by atoms with Crippen molar-refractivity contribution in [2.45, 2.75) is 45.8 Å². The Bertz CT molecular complexity index is 708. The summed E-state index contributed by atoms with van der Waals surface area (Å²) < 4.78 is 5.46. The molecule has 1 saturated heterocycles. The number of nitrogens with zero attached hydrogens (tertiary/aromatic N) is 2. The van der Waals surface area contributed by atoms with E-state index in [1.54, 1.807) is 6.08 Å². The van der Waals surface area contributed by atoms with Crippen LogP contribution in [0.2, 0.25) is 0 Å². The van der Waals surface area contributed by atoms with Crippen LogP contribution >= 0.6 is 0 Å². The van der Waals surface area contributed by atoms with Crippen LogP contribution in [0.5, 0.6) is 0 Å². The lowest BCUT2D eigenvalue weighted by Crippen LogP contribution is -2.38. The molecular weight excluding hydrogens is 326 g/mol. The third-order valence-electron chi connectivity index (χ3n) is 4.95. The van der Waals surface area contributed by atoms with Crippen molar-refractivity contribution in [1.29, 1.82) is 0 Å². The van der Waals surface area contributed by atoms with Gasteiger partial charge in [0.1, 0.15) is 11.4 Å².